The van der Waals surface area contributed by atoms with Crippen molar-refractivity contribution in [1.82, 2.24) is 9.78 Å². The van der Waals surface area contributed by atoms with Crippen LogP contribution in [0.3, 0.4) is 0 Å². The fraction of sp³-hybridized carbons (Fsp3) is 0.714. The van der Waals surface area contributed by atoms with E-state index in [1.54, 1.807) is 0 Å². The van der Waals surface area contributed by atoms with Crippen LogP contribution in [0.25, 0.3) is 0 Å². The molecule has 0 fully saturated rings. The van der Waals surface area contributed by atoms with Gasteiger partial charge in [0.2, 0.25) is 0 Å². The van der Waals surface area contributed by atoms with Gasteiger partial charge in [-0.2, -0.15) is 5.10 Å². The topological polar surface area (TPSA) is 44.1 Å². The molecule has 4 heteroatoms. The Kier molecular flexibility index (Phi) is 5.38. The average molecular weight is 252 g/mol. The monoisotopic (exact) mass is 252 g/mol. The molecule has 0 unspecified atom stereocenters. The highest BCUT2D eigenvalue weighted by Gasteiger charge is 2.17. The van der Waals surface area contributed by atoms with Crippen molar-refractivity contribution in [1.29, 1.82) is 0 Å². The van der Waals surface area contributed by atoms with Gasteiger partial charge in [0.1, 0.15) is 0 Å². The number of aromatic nitrogens is 2. The van der Waals surface area contributed by atoms with Crippen molar-refractivity contribution in [2.24, 2.45) is 0 Å². The van der Waals surface area contributed by atoms with E-state index in [2.05, 4.69) is 35.3 Å². The molecule has 0 aromatic carbocycles. The lowest BCUT2D eigenvalue weighted by atomic mass is 10.1. The van der Waals surface area contributed by atoms with Crippen LogP contribution in [0.5, 0.6) is 0 Å². The highest BCUT2D eigenvalue weighted by molar-refractivity contribution is 5.69. The highest BCUT2D eigenvalue weighted by Crippen LogP contribution is 2.22. The van der Waals surface area contributed by atoms with Crippen molar-refractivity contribution >= 4 is 5.97 Å². The largest absolute Gasteiger partial charge is 0.469 e. The lowest BCUT2D eigenvalue weighted by Gasteiger charge is -2.15. The Labute approximate surface area is 109 Å². The fourth-order valence-electron chi connectivity index (χ4n) is 2.38. The number of nitrogens with zero attached hydrogens (tertiary/aromatic N) is 2. The van der Waals surface area contributed by atoms with Crippen LogP contribution in [0.2, 0.25) is 0 Å². The molecule has 0 atom stereocenters. The van der Waals surface area contributed by atoms with Gasteiger partial charge in [-0.05, 0) is 38.7 Å². The first kappa shape index (κ1) is 14.7. The van der Waals surface area contributed by atoms with Gasteiger partial charge < -0.3 is 4.74 Å². The van der Waals surface area contributed by atoms with Crippen molar-refractivity contribution < 1.29 is 9.53 Å². The number of carbonyl (C=O) groups is 1. The summed E-state index contributed by atoms with van der Waals surface area (Å²) in [7, 11) is 1.43. The summed E-state index contributed by atoms with van der Waals surface area (Å²) in [4.78, 5) is 11.2. The molecule has 1 aromatic heterocycles. The van der Waals surface area contributed by atoms with Gasteiger partial charge >= 0.3 is 5.97 Å². The molecule has 1 rings (SSSR count). The number of rotatable bonds is 6. The van der Waals surface area contributed by atoms with Gasteiger partial charge in [-0.1, -0.05) is 13.8 Å². The minimum atomic E-state index is -0.163. The summed E-state index contributed by atoms with van der Waals surface area (Å²) in [6.07, 6.45) is 3.29. The molecular formula is C14H24N2O2. The van der Waals surface area contributed by atoms with E-state index >= 15 is 0 Å². The van der Waals surface area contributed by atoms with Gasteiger partial charge in [0, 0.05) is 12.1 Å². The van der Waals surface area contributed by atoms with E-state index in [9.17, 15) is 4.79 Å². The van der Waals surface area contributed by atoms with Gasteiger partial charge in [-0.15, -0.1) is 0 Å². The Morgan fingerprint density at radius 1 is 1.33 bits per heavy atom. The molecule has 0 saturated carbocycles. The predicted octanol–water partition coefficient (Wildman–Crippen LogP) is 2.97. The molecule has 0 aliphatic heterocycles. The van der Waals surface area contributed by atoms with Crippen LogP contribution in [0.4, 0.5) is 0 Å². The molecule has 0 bridgehead atoms. The van der Waals surface area contributed by atoms with Crippen LogP contribution in [-0.2, 0) is 16.0 Å². The molecule has 0 radical (unpaired) electrons. The second kappa shape index (κ2) is 6.57. The molecule has 18 heavy (non-hydrogen) atoms. The third-order valence-corrected chi connectivity index (χ3v) is 3.57. The zero-order valence-electron chi connectivity index (χ0n) is 12.1. The first-order chi connectivity index (χ1) is 8.54. The lowest BCUT2D eigenvalue weighted by molar-refractivity contribution is -0.140. The van der Waals surface area contributed by atoms with Crippen molar-refractivity contribution in [3.63, 3.8) is 0 Å². The first-order valence-corrected chi connectivity index (χ1v) is 6.66. The number of aryl methyl sites for hydroxylation is 1. The Balaban J connectivity index is 2.90. The zero-order valence-corrected chi connectivity index (χ0v) is 12.1. The maximum atomic E-state index is 11.2. The van der Waals surface area contributed by atoms with E-state index in [1.165, 1.54) is 18.4 Å². The molecule has 102 valence electrons. The Hall–Kier alpha value is -1.32. The highest BCUT2D eigenvalue weighted by atomic mass is 16.5. The van der Waals surface area contributed by atoms with Gasteiger partial charge in [-0.25, -0.2) is 0 Å². The Bertz CT molecular complexity index is 406. The molecule has 4 nitrogen and oxygen atoms in total. The summed E-state index contributed by atoms with van der Waals surface area (Å²) < 4.78 is 6.80. The molecule has 1 heterocycles. The van der Waals surface area contributed by atoms with Crippen molar-refractivity contribution in [2.45, 2.75) is 59.4 Å². The van der Waals surface area contributed by atoms with Gasteiger partial charge in [0.05, 0.1) is 18.8 Å². The standard InChI is InChI=1S/C14H24N2O2/c1-6-12(7-2)16-11(4)13(10(3)15-16)8-9-14(17)18-5/h12H,6-9H2,1-5H3. The van der Waals surface area contributed by atoms with Gasteiger partial charge in [0.25, 0.3) is 0 Å². The quantitative estimate of drug-likeness (QED) is 0.731. The molecule has 0 N–H and O–H groups in total. The van der Waals surface area contributed by atoms with E-state index in [-0.39, 0.29) is 5.97 Å². The fourth-order valence-corrected chi connectivity index (χ4v) is 2.38. The Morgan fingerprint density at radius 2 is 1.94 bits per heavy atom. The van der Waals surface area contributed by atoms with E-state index < -0.39 is 0 Å². The molecule has 0 aliphatic carbocycles. The SMILES string of the molecule is CCC(CC)n1nc(C)c(CCC(=O)OC)c1C. The number of carbonyl (C=O) groups excluding carboxylic acids is 1. The molecule has 1 aromatic rings. The first-order valence-electron chi connectivity index (χ1n) is 6.66. The molecular weight excluding hydrogens is 228 g/mol. The van der Waals surface area contributed by atoms with Crippen LogP contribution < -0.4 is 0 Å². The second-order valence-corrected chi connectivity index (χ2v) is 4.64. The third kappa shape index (κ3) is 3.12. The maximum Gasteiger partial charge on any atom is 0.305 e. The summed E-state index contributed by atoms with van der Waals surface area (Å²) in [5, 5.41) is 4.62. The predicted molar refractivity (Wildman–Crippen MR) is 71.7 cm³/mol. The van der Waals surface area contributed by atoms with E-state index in [4.69, 9.17) is 0 Å². The second-order valence-electron chi connectivity index (χ2n) is 4.64. The minimum Gasteiger partial charge on any atom is -0.469 e. The minimum absolute atomic E-state index is 0.163. The van der Waals surface area contributed by atoms with Gasteiger partial charge in [0.15, 0.2) is 0 Å². The normalized spacial score (nSPS) is 11.0. The number of hydrogen-bond acceptors (Lipinski definition) is 3. The van der Waals surface area contributed by atoms with Crippen molar-refractivity contribution in [3.8, 4) is 0 Å². The maximum absolute atomic E-state index is 11.2. The summed E-state index contributed by atoms with van der Waals surface area (Å²) in [5.41, 5.74) is 3.40. The number of esters is 1. The van der Waals surface area contributed by atoms with E-state index in [0.717, 1.165) is 18.5 Å². The summed E-state index contributed by atoms with van der Waals surface area (Å²) >= 11 is 0. The zero-order chi connectivity index (χ0) is 13.7. The van der Waals surface area contributed by atoms with Gasteiger partial charge in [-0.3, -0.25) is 9.48 Å². The van der Waals surface area contributed by atoms with E-state index in [1.807, 2.05) is 6.92 Å². The molecule has 0 saturated heterocycles. The van der Waals surface area contributed by atoms with Crippen molar-refractivity contribution in [3.05, 3.63) is 17.0 Å². The molecule has 0 spiro atoms. The lowest BCUT2D eigenvalue weighted by Crippen LogP contribution is -2.11. The van der Waals surface area contributed by atoms with Crippen molar-refractivity contribution in [2.75, 3.05) is 7.11 Å². The number of hydrogen-bond donors (Lipinski definition) is 0. The molecule has 0 amide bonds. The molecule has 0 aliphatic rings. The summed E-state index contributed by atoms with van der Waals surface area (Å²) in [5.74, 6) is -0.163. The van der Waals surface area contributed by atoms with Crippen LogP contribution in [0, 0.1) is 13.8 Å². The van der Waals surface area contributed by atoms with Crippen LogP contribution in [0.15, 0.2) is 0 Å². The number of methoxy groups -OCH3 is 1. The summed E-state index contributed by atoms with van der Waals surface area (Å²) in [6, 6.07) is 0.454. The van der Waals surface area contributed by atoms with E-state index in [0.29, 0.717) is 18.9 Å². The van der Waals surface area contributed by atoms with Crippen LogP contribution in [0.1, 0.15) is 56.1 Å². The smallest absolute Gasteiger partial charge is 0.305 e. The van der Waals surface area contributed by atoms with Crippen LogP contribution >= 0.6 is 0 Å². The summed E-state index contributed by atoms with van der Waals surface area (Å²) in [6.45, 7) is 8.46. The Morgan fingerprint density at radius 3 is 2.44 bits per heavy atom. The number of ether oxygens (including phenoxy) is 1. The average Bonchev–Trinajstić information content (AvgIpc) is 2.64. The third-order valence-electron chi connectivity index (χ3n) is 3.57. The van der Waals surface area contributed by atoms with Crippen LogP contribution in [-0.4, -0.2) is 22.9 Å².